The maximum atomic E-state index is 8.88. The Balaban J connectivity index is -0.0000000267. The van der Waals surface area contributed by atoms with Crippen molar-refractivity contribution in [2.75, 3.05) is 0 Å². The molecule has 0 amide bonds. The van der Waals surface area contributed by atoms with Gasteiger partial charge in [0.1, 0.15) is 0 Å². The summed E-state index contributed by atoms with van der Waals surface area (Å²) in [5.41, 5.74) is 0. The second kappa shape index (κ2) is 9.47. The smallest absolute Gasteiger partial charge is 0 e. The van der Waals surface area contributed by atoms with E-state index >= 15 is 0 Å². The summed E-state index contributed by atoms with van der Waals surface area (Å²) < 4.78 is 8.88. The molecule has 0 saturated heterocycles. The van der Waals surface area contributed by atoms with Crippen LogP contribution in [0.4, 0.5) is 0 Å². The summed E-state index contributed by atoms with van der Waals surface area (Å²) in [5, 5.41) is 0. The number of rotatable bonds is 0. The first-order chi connectivity index (χ1) is 2.00. The van der Waals surface area contributed by atoms with Crippen LogP contribution in [0.15, 0.2) is 0 Å². The van der Waals surface area contributed by atoms with Gasteiger partial charge in [-0.3, -0.25) is 0 Å². The van der Waals surface area contributed by atoms with Crippen molar-refractivity contribution in [1.29, 1.82) is 0 Å². The van der Waals surface area contributed by atoms with Gasteiger partial charge in [0, 0.05) is 35.6 Å². The van der Waals surface area contributed by atoms with Crippen LogP contribution in [0.5, 0.6) is 0 Å². The number of hydrogen-bond acceptors (Lipinski definition) is 1. The van der Waals surface area contributed by atoms with E-state index in [1.54, 1.807) is 0 Å². The van der Waals surface area contributed by atoms with Gasteiger partial charge in [-0.1, -0.05) is 0 Å². The van der Waals surface area contributed by atoms with Crippen molar-refractivity contribution >= 4 is 45.6 Å². The van der Waals surface area contributed by atoms with E-state index in [2.05, 4.69) is 0 Å². The standard InChI is InChI=1S/Ca.Mn.H3O4P.V.2H/c;;1-5(2,3)4;;;/h;;(H3,1,2,3,4);;;. The molecule has 3 N–H and O–H groups in total. The predicted molar refractivity (Wildman–Crippen MR) is 22.8 cm³/mol. The van der Waals surface area contributed by atoms with Gasteiger partial charge >= 0.3 is 45.6 Å². The summed E-state index contributed by atoms with van der Waals surface area (Å²) in [7, 11) is -4.64. The average molecular weight is 246 g/mol. The Labute approximate surface area is 99.0 Å². The van der Waals surface area contributed by atoms with Crippen LogP contribution in [0.2, 0.25) is 0 Å². The largest absolute Gasteiger partial charge is 0 e. The maximum absolute atomic E-state index is 8.88. The maximum Gasteiger partial charge on any atom is 0 e. The third-order valence-corrected chi connectivity index (χ3v) is 0. The molecule has 2 radical (unpaired) electrons. The van der Waals surface area contributed by atoms with Gasteiger partial charge < -0.3 is 14.7 Å². The molecule has 0 atom stereocenters. The van der Waals surface area contributed by atoms with Crippen LogP contribution < -0.4 is 0 Å². The molecular formula is H5CaMnO4PV. The van der Waals surface area contributed by atoms with Gasteiger partial charge in [-0.2, -0.15) is 0 Å². The Morgan fingerprint density at radius 1 is 1.12 bits per heavy atom. The van der Waals surface area contributed by atoms with Crippen molar-refractivity contribution in [2.24, 2.45) is 0 Å². The topological polar surface area (TPSA) is 77.8 Å². The zero-order chi connectivity index (χ0) is 4.50. The van der Waals surface area contributed by atoms with E-state index in [9.17, 15) is 0 Å². The fraction of sp³-hybridized carbons (Fsp3) is 0. The first kappa shape index (κ1) is 22.4. The molecule has 0 aromatic carbocycles. The zero-order valence-electron chi connectivity index (χ0n) is 3.02. The summed E-state index contributed by atoms with van der Waals surface area (Å²) in [5.74, 6) is 0. The van der Waals surface area contributed by atoms with Crippen LogP contribution in [0.25, 0.3) is 0 Å². The molecule has 0 aliphatic rings. The van der Waals surface area contributed by atoms with Gasteiger partial charge in [-0.15, -0.1) is 0 Å². The van der Waals surface area contributed by atoms with Gasteiger partial charge in [-0.25, -0.2) is 4.57 Å². The van der Waals surface area contributed by atoms with Crippen LogP contribution in [0, 0.1) is 0 Å². The summed E-state index contributed by atoms with van der Waals surface area (Å²) in [6.45, 7) is 0. The van der Waals surface area contributed by atoms with Gasteiger partial charge in [0.25, 0.3) is 0 Å². The minimum Gasteiger partial charge on any atom is 0 e. The Morgan fingerprint density at radius 2 is 1.12 bits per heavy atom. The molecule has 0 saturated carbocycles. The van der Waals surface area contributed by atoms with E-state index in [-0.39, 0.29) is 73.4 Å². The van der Waals surface area contributed by atoms with E-state index in [4.69, 9.17) is 19.2 Å². The van der Waals surface area contributed by atoms with Gasteiger partial charge in [0.15, 0.2) is 0 Å². The average Bonchev–Trinajstić information content (AvgIpc) is 0.722. The van der Waals surface area contributed by atoms with Crippen LogP contribution in [0.1, 0.15) is 0 Å². The molecular weight excluding hydrogens is 241 g/mol. The van der Waals surface area contributed by atoms with Crippen molar-refractivity contribution in [3.05, 3.63) is 0 Å². The Morgan fingerprint density at radius 3 is 1.12 bits per heavy atom. The van der Waals surface area contributed by atoms with Crippen molar-refractivity contribution in [3.8, 4) is 0 Å². The minimum absolute atomic E-state index is 0. The molecule has 0 spiro atoms. The third-order valence-electron chi connectivity index (χ3n) is 0. The quantitative estimate of drug-likeness (QED) is 0.346. The molecule has 0 aliphatic carbocycles. The van der Waals surface area contributed by atoms with Crippen LogP contribution in [-0.2, 0) is 40.2 Å². The van der Waals surface area contributed by atoms with Crippen LogP contribution in [-0.4, -0.2) is 52.4 Å². The fourth-order valence-electron chi connectivity index (χ4n) is 0. The molecule has 48 valence electrons. The molecule has 0 heterocycles. The number of hydrogen-bond donors (Lipinski definition) is 3. The van der Waals surface area contributed by atoms with Gasteiger partial charge in [0.05, 0.1) is 0 Å². The normalized spacial score (nSPS) is 7.38. The van der Waals surface area contributed by atoms with E-state index in [1.165, 1.54) is 0 Å². The molecule has 0 unspecified atom stereocenters. The molecule has 0 aromatic heterocycles. The van der Waals surface area contributed by atoms with Crippen molar-refractivity contribution < 1.29 is 54.9 Å². The van der Waals surface area contributed by atoms with Crippen LogP contribution in [0.3, 0.4) is 0 Å². The first-order valence-corrected chi connectivity index (χ1v) is 2.35. The molecule has 0 fully saturated rings. The minimum atomic E-state index is -4.64. The number of phosphoric acid groups is 1. The second-order valence-corrected chi connectivity index (χ2v) is 1.54. The summed E-state index contributed by atoms with van der Waals surface area (Å²) >= 11 is 0. The van der Waals surface area contributed by atoms with Crippen molar-refractivity contribution in [2.45, 2.75) is 0 Å². The summed E-state index contributed by atoms with van der Waals surface area (Å²) in [6, 6.07) is 0. The van der Waals surface area contributed by atoms with Crippen molar-refractivity contribution in [1.82, 2.24) is 0 Å². The van der Waals surface area contributed by atoms with E-state index in [0.717, 1.165) is 0 Å². The third kappa shape index (κ3) is 77.4. The van der Waals surface area contributed by atoms with E-state index < -0.39 is 7.82 Å². The van der Waals surface area contributed by atoms with E-state index in [1.807, 2.05) is 0 Å². The van der Waals surface area contributed by atoms with Gasteiger partial charge in [0.2, 0.25) is 0 Å². The predicted octanol–water partition coefficient (Wildman–Crippen LogP) is -1.85. The zero-order valence-corrected chi connectivity index (χ0v) is 6.49. The Hall–Kier alpha value is 2.47. The summed E-state index contributed by atoms with van der Waals surface area (Å²) in [6.07, 6.45) is 0. The monoisotopic (exact) mass is 246 g/mol. The summed E-state index contributed by atoms with van der Waals surface area (Å²) in [4.78, 5) is 21.6. The molecule has 0 aromatic rings. The molecule has 0 rings (SSSR count). The molecule has 4 nitrogen and oxygen atoms in total. The van der Waals surface area contributed by atoms with Gasteiger partial charge in [-0.05, 0) is 0 Å². The Bertz CT molecular complexity index is 62.2. The first-order valence-electron chi connectivity index (χ1n) is 0.783. The molecule has 8 heteroatoms. The SMILES string of the molecule is O=P(O)(O)O.[CaH2].[Mn].[V]. The second-order valence-electron chi connectivity index (χ2n) is 0.513. The van der Waals surface area contributed by atoms with Crippen LogP contribution >= 0.6 is 7.82 Å². The molecule has 0 bridgehead atoms. The molecule has 8 heavy (non-hydrogen) atoms. The molecule has 0 aliphatic heterocycles. The fourth-order valence-corrected chi connectivity index (χ4v) is 0. The Kier molecular flexibility index (Phi) is 26.6. The van der Waals surface area contributed by atoms with E-state index in [0.29, 0.717) is 0 Å². The van der Waals surface area contributed by atoms with Crippen molar-refractivity contribution in [3.63, 3.8) is 0 Å².